The molecule has 1 amide bonds. The Labute approximate surface area is 221 Å². The van der Waals surface area contributed by atoms with Gasteiger partial charge in [0, 0.05) is 29.4 Å². The number of ether oxygens (including phenoxy) is 1. The Morgan fingerprint density at radius 1 is 1.00 bits per heavy atom. The first kappa shape index (κ1) is 26.0. The summed E-state index contributed by atoms with van der Waals surface area (Å²) in [4.78, 5) is 26.3. The number of halogens is 1. The van der Waals surface area contributed by atoms with E-state index in [0.29, 0.717) is 12.0 Å². The smallest absolute Gasteiger partial charge is 0.323 e. The second-order valence-electron chi connectivity index (χ2n) is 9.83. The summed E-state index contributed by atoms with van der Waals surface area (Å²) in [5.41, 5.74) is 4.39. The SMILES string of the molecule is CCCCc1ccc(CN(CC(=O)O)C(=O)c2ccc3c(c2)CC(C)(Cc2ccc(Br)cc2)O3)cc1. The van der Waals surface area contributed by atoms with Gasteiger partial charge < -0.3 is 14.7 Å². The summed E-state index contributed by atoms with van der Waals surface area (Å²) in [5.74, 6) is -0.551. The minimum absolute atomic E-state index is 0.244. The molecule has 1 unspecified atom stereocenters. The number of amides is 1. The van der Waals surface area contributed by atoms with Crippen LogP contribution in [0.3, 0.4) is 0 Å². The van der Waals surface area contributed by atoms with Crippen molar-refractivity contribution in [1.29, 1.82) is 0 Å². The summed E-state index contributed by atoms with van der Waals surface area (Å²) in [5, 5.41) is 9.46. The highest BCUT2D eigenvalue weighted by molar-refractivity contribution is 9.10. The summed E-state index contributed by atoms with van der Waals surface area (Å²) >= 11 is 3.47. The lowest BCUT2D eigenvalue weighted by atomic mass is 9.91. The van der Waals surface area contributed by atoms with Gasteiger partial charge in [-0.15, -0.1) is 0 Å². The quantitative estimate of drug-likeness (QED) is 0.315. The average Bonchev–Trinajstić information content (AvgIpc) is 3.18. The van der Waals surface area contributed by atoms with Gasteiger partial charge in [0.2, 0.25) is 0 Å². The van der Waals surface area contributed by atoms with Crippen molar-refractivity contribution in [2.75, 3.05) is 6.54 Å². The van der Waals surface area contributed by atoms with E-state index in [4.69, 9.17) is 4.74 Å². The Bertz CT molecular complexity index is 1220. The van der Waals surface area contributed by atoms with Crippen molar-refractivity contribution in [3.63, 3.8) is 0 Å². The predicted molar refractivity (Wildman–Crippen MR) is 144 cm³/mol. The standard InChI is InChI=1S/C30H32BrNO4/c1-3-4-5-21-6-8-23(9-7-21)19-32(20-28(33)34)29(35)24-12-15-27-25(16-24)18-30(2,36-27)17-22-10-13-26(31)14-11-22/h6-16H,3-5,17-20H2,1-2H3,(H,33,34). The van der Waals surface area contributed by atoms with E-state index in [2.05, 4.69) is 54.0 Å². The van der Waals surface area contributed by atoms with E-state index >= 15 is 0 Å². The zero-order chi connectivity index (χ0) is 25.7. The van der Waals surface area contributed by atoms with Gasteiger partial charge in [-0.25, -0.2) is 0 Å². The van der Waals surface area contributed by atoms with E-state index in [0.717, 1.165) is 47.0 Å². The van der Waals surface area contributed by atoms with Crippen molar-refractivity contribution in [2.45, 2.75) is 58.1 Å². The number of aryl methyl sites for hydroxylation is 1. The van der Waals surface area contributed by atoms with Crippen LogP contribution in [0.15, 0.2) is 71.2 Å². The zero-order valence-corrected chi connectivity index (χ0v) is 22.4. The maximum Gasteiger partial charge on any atom is 0.323 e. The number of nitrogens with zero attached hydrogens (tertiary/aromatic N) is 1. The van der Waals surface area contributed by atoms with Crippen LogP contribution in [0.4, 0.5) is 0 Å². The van der Waals surface area contributed by atoms with Crippen LogP contribution in [-0.4, -0.2) is 34.0 Å². The molecule has 188 valence electrons. The zero-order valence-electron chi connectivity index (χ0n) is 20.8. The molecule has 1 aliphatic heterocycles. The molecule has 1 atom stereocenters. The molecule has 5 nitrogen and oxygen atoms in total. The summed E-state index contributed by atoms with van der Waals surface area (Å²) in [6, 6.07) is 21.7. The molecule has 0 radical (unpaired) electrons. The highest BCUT2D eigenvalue weighted by Gasteiger charge is 2.35. The van der Waals surface area contributed by atoms with Gasteiger partial charge in [0.1, 0.15) is 17.9 Å². The minimum Gasteiger partial charge on any atom is -0.487 e. The molecule has 1 N–H and O–H groups in total. The van der Waals surface area contributed by atoms with Crippen LogP contribution in [-0.2, 0) is 30.6 Å². The van der Waals surface area contributed by atoms with Crippen molar-refractivity contribution in [2.24, 2.45) is 0 Å². The number of carboxylic acids is 1. The molecular weight excluding hydrogens is 518 g/mol. The molecule has 1 aliphatic rings. The minimum atomic E-state index is -1.03. The first-order chi connectivity index (χ1) is 17.2. The number of carboxylic acid groups (broad SMARTS) is 1. The van der Waals surface area contributed by atoms with Crippen molar-refractivity contribution in [3.8, 4) is 5.75 Å². The predicted octanol–water partition coefficient (Wildman–Crippen LogP) is 6.46. The molecule has 0 saturated heterocycles. The average molecular weight is 550 g/mol. The van der Waals surface area contributed by atoms with Gasteiger partial charge in [-0.05, 0) is 72.4 Å². The third kappa shape index (κ3) is 6.55. The van der Waals surface area contributed by atoms with Crippen molar-refractivity contribution in [1.82, 2.24) is 4.90 Å². The maximum absolute atomic E-state index is 13.4. The number of carbonyl (C=O) groups is 2. The van der Waals surface area contributed by atoms with Crippen LogP contribution < -0.4 is 4.74 Å². The fourth-order valence-corrected chi connectivity index (χ4v) is 5.01. The van der Waals surface area contributed by atoms with Crippen LogP contribution in [0.2, 0.25) is 0 Å². The molecule has 0 aliphatic carbocycles. The number of unbranched alkanes of at least 4 members (excludes halogenated alkanes) is 1. The first-order valence-electron chi connectivity index (χ1n) is 12.4. The highest BCUT2D eigenvalue weighted by atomic mass is 79.9. The van der Waals surface area contributed by atoms with Crippen molar-refractivity contribution in [3.05, 3.63) is 99.0 Å². The van der Waals surface area contributed by atoms with Gasteiger partial charge in [-0.2, -0.15) is 0 Å². The lowest BCUT2D eigenvalue weighted by molar-refractivity contribution is -0.137. The molecular formula is C30H32BrNO4. The van der Waals surface area contributed by atoms with Gasteiger partial charge in [0.15, 0.2) is 0 Å². The summed E-state index contributed by atoms with van der Waals surface area (Å²) in [7, 11) is 0. The largest absolute Gasteiger partial charge is 0.487 e. The number of hydrogen-bond acceptors (Lipinski definition) is 3. The van der Waals surface area contributed by atoms with E-state index in [1.165, 1.54) is 16.0 Å². The van der Waals surface area contributed by atoms with E-state index in [1.54, 1.807) is 6.07 Å². The fourth-order valence-electron chi connectivity index (χ4n) is 4.75. The van der Waals surface area contributed by atoms with E-state index in [1.807, 2.05) is 36.4 Å². The Morgan fingerprint density at radius 2 is 1.67 bits per heavy atom. The van der Waals surface area contributed by atoms with Crippen LogP contribution in [0.5, 0.6) is 5.75 Å². The summed E-state index contributed by atoms with van der Waals surface area (Å²) in [6.07, 6.45) is 4.72. The molecule has 4 rings (SSSR count). The molecule has 36 heavy (non-hydrogen) atoms. The van der Waals surface area contributed by atoms with Crippen molar-refractivity contribution < 1.29 is 19.4 Å². The molecule has 0 saturated carbocycles. The van der Waals surface area contributed by atoms with Crippen LogP contribution in [0.1, 0.15) is 59.3 Å². The number of benzene rings is 3. The summed E-state index contributed by atoms with van der Waals surface area (Å²) < 4.78 is 7.33. The summed E-state index contributed by atoms with van der Waals surface area (Å²) in [6.45, 7) is 4.13. The number of hydrogen-bond donors (Lipinski definition) is 1. The number of fused-ring (bicyclic) bond motifs is 1. The number of rotatable bonds is 10. The molecule has 1 heterocycles. The molecule has 6 heteroatoms. The number of aliphatic carboxylic acids is 1. The Morgan fingerprint density at radius 3 is 2.33 bits per heavy atom. The normalized spacial score (nSPS) is 16.3. The maximum atomic E-state index is 13.4. The van der Waals surface area contributed by atoms with E-state index < -0.39 is 11.6 Å². The molecule has 0 aromatic heterocycles. The van der Waals surface area contributed by atoms with Gasteiger partial charge in [0.25, 0.3) is 5.91 Å². The third-order valence-electron chi connectivity index (χ3n) is 6.55. The molecule has 0 spiro atoms. The molecule has 3 aromatic carbocycles. The monoisotopic (exact) mass is 549 g/mol. The Kier molecular flexibility index (Phi) is 8.14. The Hall–Kier alpha value is -3.12. The van der Waals surface area contributed by atoms with Crippen LogP contribution >= 0.6 is 15.9 Å². The second kappa shape index (κ2) is 11.3. The molecule has 3 aromatic rings. The number of carbonyl (C=O) groups excluding carboxylic acids is 1. The lowest BCUT2D eigenvalue weighted by Gasteiger charge is -2.24. The first-order valence-corrected chi connectivity index (χ1v) is 13.2. The third-order valence-corrected chi connectivity index (χ3v) is 7.08. The molecule has 0 fully saturated rings. The highest BCUT2D eigenvalue weighted by Crippen LogP contribution is 2.38. The fraction of sp³-hybridized carbons (Fsp3) is 0.333. The van der Waals surface area contributed by atoms with Gasteiger partial charge in [0.05, 0.1) is 0 Å². The van der Waals surface area contributed by atoms with Gasteiger partial charge >= 0.3 is 5.97 Å². The Balaban J connectivity index is 1.48. The van der Waals surface area contributed by atoms with Crippen LogP contribution in [0, 0.1) is 0 Å². The van der Waals surface area contributed by atoms with Crippen LogP contribution in [0.25, 0.3) is 0 Å². The van der Waals surface area contributed by atoms with E-state index in [9.17, 15) is 14.7 Å². The molecule has 0 bridgehead atoms. The topological polar surface area (TPSA) is 66.8 Å². The lowest BCUT2D eigenvalue weighted by Crippen LogP contribution is -2.35. The van der Waals surface area contributed by atoms with Crippen molar-refractivity contribution >= 4 is 27.8 Å². The van der Waals surface area contributed by atoms with Gasteiger partial charge in [-0.1, -0.05) is 65.7 Å². The second-order valence-corrected chi connectivity index (χ2v) is 10.7. The van der Waals surface area contributed by atoms with Gasteiger partial charge in [-0.3, -0.25) is 9.59 Å². The van der Waals surface area contributed by atoms with E-state index in [-0.39, 0.29) is 19.0 Å².